The number of halogens is 1. The van der Waals surface area contributed by atoms with E-state index in [-0.39, 0.29) is 6.54 Å². The van der Waals surface area contributed by atoms with Crippen LogP contribution in [0.1, 0.15) is 16.2 Å². The molecule has 0 atom stereocenters. The normalized spacial score (nSPS) is 11.3. The summed E-state index contributed by atoms with van der Waals surface area (Å²) in [6.45, 7) is 0.223. The number of amides is 1. The standard InChI is InChI=1S/C15H11ClN4O/c16-11-5-3-4-10(8-11)15(21)20-17-9-14-18-12-6-1-2-7-13(12)19-14/h1-8H,9H2,(H,18,19). The third kappa shape index (κ3) is 3.14. The van der Waals surface area contributed by atoms with Crippen LogP contribution in [0, 0.1) is 0 Å². The highest BCUT2D eigenvalue weighted by molar-refractivity contribution is 6.30. The number of carbonyl (C=O) groups excluding carboxylic acids is 1. The van der Waals surface area contributed by atoms with Gasteiger partial charge < -0.3 is 4.98 Å². The fourth-order valence-corrected chi connectivity index (χ4v) is 2.12. The number of aromatic nitrogens is 2. The summed E-state index contributed by atoms with van der Waals surface area (Å²) in [5.74, 6) is 0.243. The van der Waals surface area contributed by atoms with Crippen molar-refractivity contribution in [2.24, 2.45) is 10.2 Å². The van der Waals surface area contributed by atoms with Gasteiger partial charge in [0.1, 0.15) is 12.4 Å². The predicted octanol–water partition coefficient (Wildman–Crippen LogP) is 4.01. The number of azo groups is 1. The molecular formula is C15H11ClN4O. The molecule has 0 unspecified atom stereocenters. The van der Waals surface area contributed by atoms with Crippen molar-refractivity contribution in [2.45, 2.75) is 6.54 Å². The van der Waals surface area contributed by atoms with Crippen LogP contribution in [0.5, 0.6) is 0 Å². The summed E-state index contributed by atoms with van der Waals surface area (Å²) in [5, 5.41) is 8.04. The van der Waals surface area contributed by atoms with E-state index in [1.807, 2.05) is 24.3 Å². The van der Waals surface area contributed by atoms with Gasteiger partial charge >= 0.3 is 0 Å². The molecule has 6 heteroatoms. The lowest BCUT2D eigenvalue weighted by atomic mass is 10.2. The molecule has 2 aromatic carbocycles. The molecule has 104 valence electrons. The Kier molecular flexibility index (Phi) is 3.75. The van der Waals surface area contributed by atoms with Crippen LogP contribution >= 0.6 is 11.6 Å². The first kappa shape index (κ1) is 13.5. The highest BCUT2D eigenvalue weighted by Gasteiger charge is 2.05. The molecule has 0 bridgehead atoms. The zero-order valence-electron chi connectivity index (χ0n) is 11.0. The van der Waals surface area contributed by atoms with E-state index in [0.717, 1.165) is 11.0 Å². The Morgan fingerprint density at radius 3 is 2.86 bits per heavy atom. The lowest BCUT2D eigenvalue weighted by Gasteiger charge is -1.94. The van der Waals surface area contributed by atoms with Gasteiger partial charge in [0.25, 0.3) is 5.91 Å². The predicted molar refractivity (Wildman–Crippen MR) is 80.4 cm³/mol. The van der Waals surface area contributed by atoms with E-state index in [1.165, 1.54) is 0 Å². The van der Waals surface area contributed by atoms with Gasteiger partial charge in [-0.2, -0.15) is 5.11 Å². The third-order valence-electron chi connectivity index (χ3n) is 2.89. The van der Waals surface area contributed by atoms with E-state index < -0.39 is 5.91 Å². The lowest BCUT2D eigenvalue weighted by Crippen LogP contribution is -1.94. The number of para-hydroxylation sites is 2. The molecule has 0 spiro atoms. The van der Waals surface area contributed by atoms with Crippen molar-refractivity contribution in [3.05, 3.63) is 64.9 Å². The number of carbonyl (C=O) groups is 1. The van der Waals surface area contributed by atoms with Crippen LogP contribution < -0.4 is 0 Å². The molecule has 0 aliphatic carbocycles. The van der Waals surface area contributed by atoms with Crippen molar-refractivity contribution < 1.29 is 4.79 Å². The topological polar surface area (TPSA) is 70.5 Å². The Labute approximate surface area is 125 Å². The molecule has 0 aliphatic rings. The second-order valence-electron chi connectivity index (χ2n) is 4.42. The van der Waals surface area contributed by atoms with Gasteiger partial charge in [0, 0.05) is 10.6 Å². The van der Waals surface area contributed by atoms with Crippen LogP contribution in [-0.4, -0.2) is 15.9 Å². The maximum Gasteiger partial charge on any atom is 0.295 e. The summed E-state index contributed by atoms with van der Waals surface area (Å²) in [6, 6.07) is 14.3. The molecule has 0 radical (unpaired) electrons. The maximum absolute atomic E-state index is 11.8. The van der Waals surface area contributed by atoms with Gasteiger partial charge in [-0.05, 0) is 30.3 Å². The molecule has 21 heavy (non-hydrogen) atoms. The van der Waals surface area contributed by atoms with E-state index in [4.69, 9.17) is 11.6 Å². The largest absolute Gasteiger partial charge is 0.340 e. The molecule has 0 fully saturated rings. The minimum absolute atomic E-state index is 0.223. The number of aromatic amines is 1. The smallest absolute Gasteiger partial charge is 0.295 e. The number of hydrogen-bond donors (Lipinski definition) is 1. The van der Waals surface area contributed by atoms with E-state index in [9.17, 15) is 4.79 Å². The number of hydrogen-bond acceptors (Lipinski definition) is 3. The first-order valence-corrected chi connectivity index (χ1v) is 6.71. The molecule has 0 saturated heterocycles. The number of H-pyrrole nitrogens is 1. The number of imidazole rings is 1. The van der Waals surface area contributed by atoms with E-state index in [2.05, 4.69) is 20.2 Å². The van der Waals surface area contributed by atoms with E-state index in [1.54, 1.807) is 24.3 Å². The monoisotopic (exact) mass is 298 g/mol. The fourth-order valence-electron chi connectivity index (χ4n) is 1.93. The summed E-state index contributed by atoms with van der Waals surface area (Å²) in [7, 11) is 0. The lowest BCUT2D eigenvalue weighted by molar-refractivity contribution is 0.0993. The zero-order chi connectivity index (χ0) is 14.7. The minimum atomic E-state index is -0.423. The highest BCUT2D eigenvalue weighted by Crippen LogP contribution is 2.13. The Bertz CT molecular complexity index is 792. The van der Waals surface area contributed by atoms with Crippen LogP contribution in [0.2, 0.25) is 5.02 Å². The molecule has 1 amide bonds. The molecule has 3 aromatic rings. The average molecular weight is 299 g/mol. The summed E-state index contributed by atoms with van der Waals surface area (Å²) in [6.07, 6.45) is 0. The van der Waals surface area contributed by atoms with Gasteiger partial charge in [-0.1, -0.05) is 29.8 Å². The molecule has 1 heterocycles. The van der Waals surface area contributed by atoms with Gasteiger partial charge in [0.2, 0.25) is 0 Å². The number of rotatable bonds is 3. The summed E-state index contributed by atoms with van der Waals surface area (Å²) in [4.78, 5) is 19.3. The van der Waals surface area contributed by atoms with Crippen molar-refractivity contribution in [2.75, 3.05) is 0 Å². The van der Waals surface area contributed by atoms with E-state index >= 15 is 0 Å². The van der Waals surface area contributed by atoms with Gasteiger partial charge in [-0.3, -0.25) is 4.79 Å². The summed E-state index contributed by atoms with van der Waals surface area (Å²) in [5.41, 5.74) is 2.21. The number of nitrogens with zero attached hydrogens (tertiary/aromatic N) is 3. The fraction of sp³-hybridized carbons (Fsp3) is 0.0667. The first-order valence-electron chi connectivity index (χ1n) is 6.33. The molecule has 1 aromatic heterocycles. The molecule has 0 aliphatic heterocycles. The van der Waals surface area contributed by atoms with Crippen molar-refractivity contribution >= 4 is 28.5 Å². The molecular weight excluding hydrogens is 288 g/mol. The third-order valence-corrected chi connectivity index (χ3v) is 3.13. The van der Waals surface area contributed by atoms with Crippen LogP contribution in [0.15, 0.2) is 58.8 Å². The van der Waals surface area contributed by atoms with E-state index in [0.29, 0.717) is 16.4 Å². The first-order chi connectivity index (χ1) is 10.2. The van der Waals surface area contributed by atoms with Crippen LogP contribution in [0.4, 0.5) is 0 Å². The van der Waals surface area contributed by atoms with Crippen molar-refractivity contribution in [1.29, 1.82) is 0 Å². The zero-order valence-corrected chi connectivity index (χ0v) is 11.7. The van der Waals surface area contributed by atoms with Gasteiger partial charge in [-0.15, -0.1) is 5.11 Å². The molecule has 0 saturated carbocycles. The van der Waals surface area contributed by atoms with Crippen molar-refractivity contribution in [3.63, 3.8) is 0 Å². The van der Waals surface area contributed by atoms with Crippen LogP contribution in [0.3, 0.4) is 0 Å². The van der Waals surface area contributed by atoms with Crippen molar-refractivity contribution in [1.82, 2.24) is 9.97 Å². The second kappa shape index (κ2) is 5.85. The van der Waals surface area contributed by atoms with Crippen LogP contribution in [0.25, 0.3) is 11.0 Å². The Balaban J connectivity index is 1.70. The maximum atomic E-state index is 11.8. The Hall–Kier alpha value is -2.53. The Morgan fingerprint density at radius 2 is 2.05 bits per heavy atom. The molecule has 1 N–H and O–H groups in total. The summed E-state index contributed by atoms with van der Waals surface area (Å²) < 4.78 is 0. The number of nitrogens with one attached hydrogen (secondary N) is 1. The number of benzene rings is 2. The SMILES string of the molecule is O=C(N=NCc1nc2ccccc2[nH]1)c1cccc(Cl)c1. The Morgan fingerprint density at radius 1 is 1.19 bits per heavy atom. The van der Waals surface area contributed by atoms with Crippen LogP contribution in [-0.2, 0) is 6.54 Å². The molecule has 5 nitrogen and oxygen atoms in total. The second-order valence-corrected chi connectivity index (χ2v) is 4.85. The highest BCUT2D eigenvalue weighted by atomic mass is 35.5. The van der Waals surface area contributed by atoms with Gasteiger partial charge in [0.05, 0.1) is 11.0 Å². The van der Waals surface area contributed by atoms with Crippen molar-refractivity contribution in [3.8, 4) is 0 Å². The van der Waals surface area contributed by atoms with Gasteiger partial charge in [-0.25, -0.2) is 4.98 Å². The van der Waals surface area contributed by atoms with Gasteiger partial charge in [0.15, 0.2) is 0 Å². The number of fused-ring (bicyclic) bond motifs is 1. The minimum Gasteiger partial charge on any atom is -0.340 e. The average Bonchev–Trinajstić information content (AvgIpc) is 2.89. The summed E-state index contributed by atoms with van der Waals surface area (Å²) >= 11 is 5.82. The quantitative estimate of drug-likeness (QED) is 0.742. The molecule has 3 rings (SSSR count).